The quantitative estimate of drug-likeness (QED) is 0.155. The monoisotopic (exact) mass is 422 g/mol. The Labute approximate surface area is 168 Å². The van der Waals surface area contributed by atoms with Gasteiger partial charge in [-0.2, -0.15) is 12.6 Å². The topological polar surface area (TPSA) is 191 Å². The van der Waals surface area contributed by atoms with Crippen LogP contribution in [0.5, 0.6) is 0 Å². The standard InChI is InChI=1S/C16H30N4O7S/c1-7(2)4-10(14(24)20-12(8(3)22)16(26)27)18-15(25)11(5-21)19-13(23)9(17)6-28/h7-12,21-22,28H,4-6,17H2,1-3H3,(H,18,25)(H,19,23)(H,20,24)(H,26,27). The Balaban J connectivity index is 5.24. The summed E-state index contributed by atoms with van der Waals surface area (Å²) in [6.45, 7) is 4.04. The van der Waals surface area contributed by atoms with Crippen molar-refractivity contribution in [3.63, 3.8) is 0 Å². The van der Waals surface area contributed by atoms with E-state index in [1.807, 2.05) is 0 Å². The smallest absolute Gasteiger partial charge is 0.328 e. The fourth-order valence-corrected chi connectivity index (χ4v) is 2.34. The maximum Gasteiger partial charge on any atom is 0.328 e. The number of nitrogens with two attached hydrogens (primary N) is 1. The number of aliphatic hydroxyl groups is 2. The Hall–Kier alpha value is -1.89. The zero-order valence-corrected chi connectivity index (χ0v) is 17.0. The molecule has 28 heavy (non-hydrogen) atoms. The second kappa shape index (κ2) is 12.5. The molecule has 11 nitrogen and oxygen atoms in total. The van der Waals surface area contributed by atoms with Crippen LogP contribution in [0.25, 0.3) is 0 Å². The summed E-state index contributed by atoms with van der Waals surface area (Å²) < 4.78 is 0. The Morgan fingerprint density at radius 2 is 1.46 bits per heavy atom. The van der Waals surface area contributed by atoms with Crippen LogP contribution >= 0.6 is 12.6 Å². The van der Waals surface area contributed by atoms with Crippen molar-refractivity contribution in [3.05, 3.63) is 0 Å². The number of amides is 3. The summed E-state index contributed by atoms with van der Waals surface area (Å²) in [4.78, 5) is 47.8. The first-order valence-electron chi connectivity index (χ1n) is 8.73. The Kier molecular flexibility index (Phi) is 11.7. The van der Waals surface area contributed by atoms with Gasteiger partial charge in [0.15, 0.2) is 6.04 Å². The van der Waals surface area contributed by atoms with Gasteiger partial charge < -0.3 is 37.0 Å². The maximum absolute atomic E-state index is 12.4. The second-order valence-electron chi connectivity index (χ2n) is 6.79. The van der Waals surface area contributed by atoms with Crippen molar-refractivity contribution >= 4 is 36.3 Å². The molecule has 5 unspecified atom stereocenters. The molecule has 3 amide bonds. The molecule has 8 N–H and O–H groups in total. The average molecular weight is 423 g/mol. The van der Waals surface area contributed by atoms with Crippen molar-refractivity contribution in [2.75, 3.05) is 12.4 Å². The molecule has 0 radical (unpaired) electrons. The van der Waals surface area contributed by atoms with Crippen molar-refractivity contribution in [1.82, 2.24) is 16.0 Å². The number of rotatable bonds is 12. The maximum atomic E-state index is 12.4. The highest BCUT2D eigenvalue weighted by Gasteiger charge is 2.31. The molecular weight excluding hydrogens is 392 g/mol. The molecule has 0 saturated heterocycles. The van der Waals surface area contributed by atoms with Crippen LogP contribution in [0, 0.1) is 5.92 Å². The minimum atomic E-state index is -1.55. The van der Waals surface area contributed by atoms with Crippen molar-refractivity contribution in [1.29, 1.82) is 0 Å². The first-order valence-corrected chi connectivity index (χ1v) is 9.37. The van der Waals surface area contributed by atoms with E-state index in [4.69, 9.17) is 10.8 Å². The first-order chi connectivity index (χ1) is 12.9. The zero-order chi connectivity index (χ0) is 22.0. The number of carboxylic acid groups (broad SMARTS) is 1. The number of hydrogen-bond donors (Lipinski definition) is 8. The fraction of sp³-hybridized carbons (Fsp3) is 0.750. The molecular formula is C16H30N4O7S. The molecule has 0 saturated carbocycles. The lowest BCUT2D eigenvalue weighted by Crippen LogP contribution is -2.59. The Morgan fingerprint density at radius 3 is 1.86 bits per heavy atom. The predicted molar refractivity (Wildman–Crippen MR) is 103 cm³/mol. The SMILES string of the molecule is CC(C)CC(NC(=O)C(CO)NC(=O)C(N)CS)C(=O)NC(C(=O)O)C(C)O. The molecule has 0 aliphatic heterocycles. The summed E-state index contributed by atoms with van der Waals surface area (Å²) in [5.74, 6) is -3.81. The van der Waals surface area contributed by atoms with E-state index < -0.39 is 60.6 Å². The zero-order valence-electron chi connectivity index (χ0n) is 16.1. The van der Waals surface area contributed by atoms with E-state index in [9.17, 15) is 29.4 Å². The van der Waals surface area contributed by atoms with E-state index >= 15 is 0 Å². The number of thiol groups is 1. The van der Waals surface area contributed by atoms with Crippen LogP contribution in [-0.2, 0) is 19.2 Å². The lowest BCUT2D eigenvalue weighted by molar-refractivity contribution is -0.145. The Bertz CT molecular complexity index is 559. The normalized spacial score (nSPS) is 16.4. The summed E-state index contributed by atoms with van der Waals surface area (Å²) >= 11 is 3.87. The third-order valence-electron chi connectivity index (χ3n) is 3.74. The molecule has 0 fully saturated rings. The predicted octanol–water partition coefficient (Wildman–Crippen LogP) is -2.80. The Morgan fingerprint density at radius 1 is 0.964 bits per heavy atom. The van der Waals surface area contributed by atoms with Crippen molar-refractivity contribution in [2.24, 2.45) is 11.7 Å². The molecule has 0 bridgehead atoms. The summed E-state index contributed by atoms with van der Waals surface area (Å²) in [6, 6.07) is -5.03. The van der Waals surface area contributed by atoms with E-state index in [2.05, 4.69) is 28.6 Å². The molecule has 0 spiro atoms. The molecule has 0 aromatic carbocycles. The molecule has 0 rings (SSSR count). The molecule has 0 aliphatic rings. The highest BCUT2D eigenvalue weighted by atomic mass is 32.1. The molecule has 12 heteroatoms. The van der Waals surface area contributed by atoms with E-state index in [0.29, 0.717) is 0 Å². The van der Waals surface area contributed by atoms with Gasteiger partial charge in [0.25, 0.3) is 0 Å². The van der Waals surface area contributed by atoms with Crippen molar-refractivity contribution < 1.29 is 34.5 Å². The fourth-order valence-electron chi connectivity index (χ4n) is 2.17. The minimum Gasteiger partial charge on any atom is -0.480 e. The summed E-state index contributed by atoms with van der Waals surface area (Å²) in [5, 5.41) is 34.8. The molecule has 0 aliphatic carbocycles. The molecule has 5 atom stereocenters. The van der Waals surface area contributed by atoms with Crippen LogP contribution in [0.15, 0.2) is 0 Å². The van der Waals surface area contributed by atoms with Crippen LogP contribution in [0.4, 0.5) is 0 Å². The van der Waals surface area contributed by atoms with Gasteiger partial charge in [0, 0.05) is 5.75 Å². The van der Waals surface area contributed by atoms with Crippen molar-refractivity contribution in [3.8, 4) is 0 Å². The van der Waals surface area contributed by atoms with Crippen LogP contribution in [0.1, 0.15) is 27.2 Å². The summed E-state index contributed by atoms with van der Waals surface area (Å²) in [7, 11) is 0. The van der Waals surface area contributed by atoms with E-state index in [0.717, 1.165) is 0 Å². The van der Waals surface area contributed by atoms with Crippen LogP contribution in [0.2, 0.25) is 0 Å². The molecule has 0 aromatic heterocycles. The number of carboxylic acids is 1. The number of aliphatic carboxylic acids is 1. The summed E-state index contributed by atoms with van der Waals surface area (Å²) in [6.07, 6.45) is -1.20. The summed E-state index contributed by atoms with van der Waals surface area (Å²) in [5.41, 5.74) is 5.50. The second-order valence-corrected chi connectivity index (χ2v) is 7.15. The van der Waals surface area contributed by atoms with Gasteiger partial charge in [-0.15, -0.1) is 0 Å². The van der Waals surface area contributed by atoms with E-state index in [-0.39, 0.29) is 18.1 Å². The highest BCUT2D eigenvalue weighted by molar-refractivity contribution is 7.80. The number of carbonyl (C=O) groups is 4. The van der Waals surface area contributed by atoms with Gasteiger partial charge >= 0.3 is 5.97 Å². The van der Waals surface area contributed by atoms with Gasteiger partial charge in [0.05, 0.1) is 18.8 Å². The molecule has 0 aromatic rings. The van der Waals surface area contributed by atoms with Gasteiger partial charge in [-0.1, -0.05) is 13.8 Å². The van der Waals surface area contributed by atoms with Gasteiger partial charge in [-0.3, -0.25) is 14.4 Å². The van der Waals surface area contributed by atoms with Gasteiger partial charge in [-0.25, -0.2) is 4.79 Å². The van der Waals surface area contributed by atoms with E-state index in [1.165, 1.54) is 6.92 Å². The lowest BCUT2D eigenvalue weighted by Gasteiger charge is -2.26. The van der Waals surface area contributed by atoms with Crippen LogP contribution in [0.3, 0.4) is 0 Å². The molecule has 162 valence electrons. The largest absolute Gasteiger partial charge is 0.480 e. The third kappa shape index (κ3) is 8.87. The van der Waals surface area contributed by atoms with Crippen LogP contribution < -0.4 is 21.7 Å². The van der Waals surface area contributed by atoms with Crippen molar-refractivity contribution in [2.45, 2.75) is 57.5 Å². The average Bonchev–Trinajstić information content (AvgIpc) is 2.61. The minimum absolute atomic E-state index is 0.0277. The first kappa shape index (κ1) is 26.1. The van der Waals surface area contributed by atoms with Gasteiger partial charge in [0.1, 0.15) is 12.1 Å². The van der Waals surface area contributed by atoms with Crippen LogP contribution in [-0.4, -0.2) is 81.6 Å². The number of carbonyl (C=O) groups excluding carboxylic acids is 3. The lowest BCUT2D eigenvalue weighted by atomic mass is 10.0. The number of aliphatic hydroxyl groups excluding tert-OH is 2. The van der Waals surface area contributed by atoms with Gasteiger partial charge in [-0.05, 0) is 19.3 Å². The number of nitrogens with one attached hydrogen (secondary N) is 3. The molecule has 0 heterocycles. The number of hydrogen-bond acceptors (Lipinski definition) is 8. The third-order valence-corrected chi connectivity index (χ3v) is 4.13. The highest BCUT2D eigenvalue weighted by Crippen LogP contribution is 2.07. The van der Waals surface area contributed by atoms with Gasteiger partial charge in [0.2, 0.25) is 17.7 Å². The van der Waals surface area contributed by atoms with E-state index in [1.54, 1.807) is 13.8 Å².